The molecule has 0 aliphatic rings. The number of hydrogen-bond donors (Lipinski definition) is 0. The zero-order valence-corrected chi connectivity index (χ0v) is 15.4. The Morgan fingerprint density at radius 1 is 1.09 bits per heavy atom. The Hall–Kier alpha value is -0.950. The first-order valence-corrected chi connectivity index (χ1v) is 8.20. The maximum absolute atomic E-state index is 12.6. The van der Waals surface area contributed by atoms with Crippen molar-refractivity contribution in [2.75, 3.05) is 0 Å². The molecule has 0 saturated carbocycles. The van der Waals surface area contributed by atoms with Gasteiger partial charge in [0.2, 0.25) is 0 Å². The van der Waals surface area contributed by atoms with Crippen LogP contribution in [0.4, 0.5) is 5.69 Å². The van der Waals surface area contributed by atoms with Crippen LogP contribution in [-0.2, 0) is 3.23 Å². The van der Waals surface area contributed by atoms with Crippen LogP contribution >= 0.6 is 55.1 Å². The summed E-state index contributed by atoms with van der Waals surface area (Å²) in [4.78, 5) is 22.8. The minimum absolute atomic E-state index is 0.0872. The highest BCUT2D eigenvalue weighted by Gasteiger charge is 2.37. The third-order valence-corrected chi connectivity index (χ3v) is 5.02. The quantitative estimate of drug-likeness (QED) is 0.250. The Kier molecular flexibility index (Phi) is 5.27. The predicted octanol–water partition coefficient (Wildman–Crippen LogP) is 5.73. The molecule has 22 heavy (non-hydrogen) atoms. The van der Waals surface area contributed by atoms with Gasteiger partial charge in [0.1, 0.15) is 0 Å². The Bertz CT molecular complexity index is 748. The van der Waals surface area contributed by atoms with Crippen LogP contribution in [-0.4, -0.2) is 10.7 Å². The molecule has 0 fully saturated rings. The van der Waals surface area contributed by atoms with Crippen molar-refractivity contribution in [1.29, 1.82) is 0 Å². The lowest BCUT2D eigenvalue weighted by Gasteiger charge is -2.21. The average Bonchev–Trinajstić information content (AvgIpc) is 2.46. The number of nitrogens with zero attached hydrogens (tertiary/aromatic N) is 1. The fourth-order valence-corrected chi connectivity index (χ4v) is 3.71. The lowest BCUT2D eigenvalue weighted by Crippen LogP contribution is -2.23. The Balaban J connectivity index is 2.39. The highest BCUT2D eigenvalue weighted by atomic mass is 79.9. The van der Waals surface area contributed by atoms with Gasteiger partial charge in [-0.1, -0.05) is 61.1 Å². The minimum Gasteiger partial charge on any atom is -0.291 e. The molecule has 0 radical (unpaired) electrons. The second kappa shape index (κ2) is 6.66. The molecule has 0 heterocycles. The number of Topliss-reactive ketones (excluding diaryl/α,β-unsaturated/α-hetero) is 1. The summed E-state index contributed by atoms with van der Waals surface area (Å²) in [5, 5.41) is 11.4. The van der Waals surface area contributed by atoms with Gasteiger partial charge < -0.3 is 0 Å². The smallest absolute Gasteiger partial charge is 0.269 e. The number of alkyl halides is 2. The van der Waals surface area contributed by atoms with E-state index in [1.807, 2.05) is 0 Å². The van der Waals surface area contributed by atoms with Crippen molar-refractivity contribution >= 4 is 66.5 Å². The number of nitro benzene ring substituents is 1. The van der Waals surface area contributed by atoms with Gasteiger partial charge in [-0.15, -0.1) is 0 Å². The van der Waals surface area contributed by atoms with Crippen molar-refractivity contribution in [3.8, 4) is 0 Å². The van der Waals surface area contributed by atoms with E-state index in [1.54, 1.807) is 12.1 Å². The van der Waals surface area contributed by atoms with Crippen LogP contribution < -0.4 is 0 Å². The van der Waals surface area contributed by atoms with Crippen molar-refractivity contribution in [2.24, 2.45) is 0 Å². The lowest BCUT2D eigenvalue weighted by atomic mass is 10.0. The minimum atomic E-state index is -1.25. The standard InChI is InChI=1S/C14H7Br2Cl2NO3/c15-14(16,11-6-3-9(17)7-12(11)18)13(20)8-1-4-10(5-2-8)19(21)22/h1-7H. The molecule has 0 aliphatic carbocycles. The van der Waals surface area contributed by atoms with Crippen LogP contribution in [0, 0.1) is 10.1 Å². The summed E-state index contributed by atoms with van der Waals surface area (Å²) in [5.41, 5.74) is 0.697. The first kappa shape index (κ1) is 17.4. The highest BCUT2D eigenvalue weighted by Crippen LogP contribution is 2.44. The van der Waals surface area contributed by atoms with Crippen LogP contribution in [0.15, 0.2) is 42.5 Å². The molecule has 2 aromatic rings. The van der Waals surface area contributed by atoms with Crippen molar-refractivity contribution in [2.45, 2.75) is 3.23 Å². The van der Waals surface area contributed by atoms with E-state index in [1.165, 1.54) is 30.3 Å². The summed E-state index contributed by atoms with van der Waals surface area (Å²) in [6.45, 7) is 0. The molecule has 8 heteroatoms. The summed E-state index contributed by atoms with van der Waals surface area (Å²) >= 11 is 18.6. The van der Waals surface area contributed by atoms with Crippen molar-refractivity contribution in [3.63, 3.8) is 0 Å². The number of non-ortho nitro benzene ring substituents is 1. The number of halogens is 4. The van der Waals surface area contributed by atoms with Gasteiger partial charge in [-0.05, 0) is 24.3 Å². The normalized spacial score (nSPS) is 11.3. The lowest BCUT2D eigenvalue weighted by molar-refractivity contribution is -0.384. The molecule has 0 amide bonds. The highest BCUT2D eigenvalue weighted by molar-refractivity contribution is 9.25. The summed E-state index contributed by atoms with van der Waals surface area (Å²) in [6.07, 6.45) is 0. The van der Waals surface area contributed by atoms with E-state index < -0.39 is 8.16 Å². The topological polar surface area (TPSA) is 60.2 Å². The number of nitro groups is 1. The summed E-state index contributed by atoms with van der Waals surface area (Å²) in [6, 6.07) is 10.1. The van der Waals surface area contributed by atoms with E-state index in [4.69, 9.17) is 23.2 Å². The number of carbonyl (C=O) groups is 1. The first-order valence-electron chi connectivity index (χ1n) is 5.86. The summed E-state index contributed by atoms with van der Waals surface area (Å²) in [5.74, 6) is -0.341. The molecule has 4 nitrogen and oxygen atoms in total. The fourth-order valence-electron chi connectivity index (χ4n) is 1.78. The van der Waals surface area contributed by atoms with Crippen LogP contribution in [0.3, 0.4) is 0 Å². The number of hydrogen-bond acceptors (Lipinski definition) is 3. The first-order chi connectivity index (χ1) is 10.2. The van der Waals surface area contributed by atoms with Crippen LogP contribution in [0.25, 0.3) is 0 Å². The van der Waals surface area contributed by atoms with E-state index >= 15 is 0 Å². The van der Waals surface area contributed by atoms with Crippen molar-refractivity contribution < 1.29 is 9.72 Å². The Morgan fingerprint density at radius 2 is 1.68 bits per heavy atom. The van der Waals surface area contributed by atoms with Crippen molar-refractivity contribution in [1.82, 2.24) is 0 Å². The molecule has 0 N–H and O–H groups in total. The van der Waals surface area contributed by atoms with Gasteiger partial charge >= 0.3 is 0 Å². The molecule has 114 valence electrons. The zero-order chi connectivity index (χ0) is 16.5. The van der Waals surface area contributed by atoms with E-state index in [9.17, 15) is 14.9 Å². The number of ketones is 1. The number of benzene rings is 2. The third kappa shape index (κ3) is 3.51. The van der Waals surface area contributed by atoms with E-state index in [2.05, 4.69) is 31.9 Å². The number of carbonyl (C=O) groups excluding carboxylic acids is 1. The molecule has 0 aromatic heterocycles. The summed E-state index contributed by atoms with van der Waals surface area (Å²) in [7, 11) is 0. The van der Waals surface area contributed by atoms with Gasteiger partial charge in [0.25, 0.3) is 5.69 Å². The molecule has 2 rings (SSSR count). The van der Waals surface area contributed by atoms with Gasteiger partial charge in [-0.25, -0.2) is 0 Å². The second-order valence-electron chi connectivity index (χ2n) is 4.33. The molecule has 2 aromatic carbocycles. The molecule has 0 spiro atoms. The molecule has 0 unspecified atom stereocenters. The fraction of sp³-hybridized carbons (Fsp3) is 0.0714. The van der Waals surface area contributed by atoms with E-state index in [0.717, 1.165) is 0 Å². The molecule has 0 atom stereocenters. The maximum Gasteiger partial charge on any atom is 0.269 e. The Labute approximate surface area is 152 Å². The van der Waals surface area contributed by atoms with E-state index in [0.29, 0.717) is 21.2 Å². The molecule has 0 bridgehead atoms. The molecular weight excluding hydrogens is 461 g/mol. The van der Waals surface area contributed by atoms with Gasteiger partial charge in [-0.3, -0.25) is 14.9 Å². The monoisotopic (exact) mass is 465 g/mol. The van der Waals surface area contributed by atoms with Crippen LogP contribution in [0.2, 0.25) is 10.0 Å². The maximum atomic E-state index is 12.6. The van der Waals surface area contributed by atoms with E-state index in [-0.39, 0.29) is 11.5 Å². The second-order valence-corrected chi connectivity index (χ2v) is 8.62. The number of rotatable bonds is 4. The van der Waals surface area contributed by atoms with Gasteiger partial charge in [-0.2, -0.15) is 0 Å². The Morgan fingerprint density at radius 3 is 2.18 bits per heavy atom. The van der Waals surface area contributed by atoms with Gasteiger partial charge in [0.15, 0.2) is 9.02 Å². The molecule has 0 saturated heterocycles. The summed E-state index contributed by atoms with van der Waals surface area (Å²) < 4.78 is -1.25. The van der Waals surface area contributed by atoms with Gasteiger partial charge in [0.05, 0.1) is 4.92 Å². The third-order valence-electron chi connectivity index (χ3n) is 2.89. The SMILES string of the molecule is O=C(c1ccc([N+](=O)[O-])cc1)C(Br)(Br)c1ccc(Cl)cc1Cl. The van der Waals surface area contributed by atoms with Crippen LogP contribution in [0.1, 0.15) is 15.9 Å². The van der Waals surface area contributed by atoms with Gasteiger partial charge in [0, 0.05) is 33.3 Å². The predicted molar refractivity (Wildman–Crippen MR) is 93.4 cm³/mol. The zero-order valence-electron chi connectivity index (χ0n) is 10.7. The largest absolute Gasteiger partial charge is 0.291 e. The molecular formula is C14H7Br2Cl2NO3. The average molecular weight is 468 g/mol. The van der Waals surface area contributed by atoms with Crippen LogP contribution in [0.5, 0.6) is 0 Å². The van der Waals surface area contributed by atoms with Crippen molar-refractivity contribution in [3.05, 3.63) is 73.8 Å². The molecule has 0 aliphatic heterocycles.